The third-order valence-electron chi connectivity index (χ3n) is 3.32. The van der Waals surface area contributed by atoms with Crippen LogP contribution in [-0.4, -0.2) is 18.4 Å². The second kappa shape index (κ2) is 7.08. The third kappa shape index (κ3) is 4.08. The highest BCUT2D eigenvalue weighted by Gasteiger charge is 2.36. The van der Waals surface area contributed by atoms with Gasteiger partial charge in [-0.3, -0.25) is 9.59 Å². The standard InChI is InChI=1S/C16H24N2O2/c1-5-11-17-14(19)16(3,4)15(20)18-12(2)13-9-7-6-8-10-13/h6-10,12H,5,11H2,1-4H3,(H,17,19)(H,18,20). The van der Waals surface area contributed by atoms with Crippen LogP contribution in [-0.2, 0) is 9.59 Å². The molecule has 4 heteroatoms. The molecule has 1 atom stereocenters. The highest BCUT2D eigenvalue weighted by molar-refractivity contribution is 6.04. The first-order valence-electron chi connectivity index (χ1n) is 7.03. The lowest BCUT2D eigenvalue weighted by Gasteiger charge is -2.25. The zero-order chi connectivity index (χ0) is 15.2. The van der Waals surface area contributed by atoms with E-state index >= 15 is 0 Å². The van der Waals surface area contributed by atoms with Crippen LogP contribution in [0.25, 0.3) is 0 Å². The SMILES string of the molecule is CCCNC(=O)C(C)(C)C(=O)NC(C)c1ccccc1. The lowest BCUT2D eigenvalue weighted by Crippen LogP contribution is -2.48. The molecule has 0 aromatic heterocycles. The quantitative estimate of drug-likeness (QED) is 0.784. The predicted octanol–water partition coefficient (Wildman–Crippen LogP) is 2.42. The summed E-state index contributed by atoms with van der Waals surface area (Å²) in [4.78, 5) is 24.3. The molecule has 110 valence electrons. The number of carbonyl (C=O) groups excluding carboxylic acids is 2. The molecule has 1 rings (SSSR count). The van der Waals surface area contributed by atoms with E-state index in [9.17, 15) is 9.59 Å². The summed E-state index contributed by atoms with van der Waals surface area (Å²) in [5.74, 6) is -0.500. The van der Waals surface area contributed by atoms with Gasteiger partial charge in [0.25, 0.3) is 0 Å². The Hall–Kier alpha value is -1.84. The second-order valence-electron chi connectivity index (χ2n) is 5.49. The molecule has 2 amide bonds. The summed E-state index contributed by atoms with van der Waals surface area (Å²) < 4.78 is 0. The van der Waals surface area contributed by atoms with Crippen molar-refractivity contribution in [3.63, 3.8) is 0 Å². The Morgan fingerprint density at radius 3 is 2.30 bits per heavy atom. The van der Waals surface area contributed by atoms with Crippen LogP contribution in [0.1, 0.15) is 45.7 Å². The molecule has 0 aliphatic carbocycles. The van der Waals surface area contributed by atoms with Crippen LogP contribution in [0, 0.1) is 5.41 Å². The van der Waals surface area contributed by atoms with E-state index < -0.39 is 5.41 Å². The Morgan fingerprint density at radius 2 is 1.75 bits per heavy atom. The Labute approximate surface area is 121 Å². The highest BCUT2D eigenvalue weighted by Crippen LogP contribution is 2.19. The Balaban J connectivity index is 2.67. The van der Waals surface area contributed by atoms with E-state index in [0.717, 1.165) is 12.0 Å². The second-order valence-corrected chi connectivity index (χ2v) is 5.49. The van der Waals surface area contributed by atoms with Gasteiger partial charge in [0.15, 0.2) is 0 Å². The van der Waals surface area contributed by atoms with E-state index in [1.165, 1.54) is 0 Å². The van der Waals surface area contributed by atoms with Crippen molar-refractivity contribution in [2.45, 2.75) is 40.2 Å². The van der Waals surface area contributed by atoms with Crippen molar-refractivity contribution in [3.8, 4) is 0 Å². The topological polar surface area (TPSA) is 58.2 Å². The predicted molar refractivity (Wildman–Crippen MR) is 80.1 cm³/mol. The van der Waals surface area contributed by atoms with Gasteiger partial charge in [-0.25, -0.2) is 0 Å². The first-order valence-corrected chi connectivity index (χ1v) is 7.03. The molecule has 0 radical (unpaired) electrons. The maximum atomic E-state index is 12.3. The Bertz CT molecular complexity index is 455. The molecular weight excluding hydrogens is 252 g/mol. The number of hydrogen-bond acceptors (Lipinski definition) is 2. The number of rotatable bonds is 6. The molecule has 0 aliphatic heterocycles. The van der Waals surface area contributed by atoms with E-state index in [-0.39, 0.29) is 17.9 Å². The molecule has 1 aromatic rings. The summed E-state index contributed by atoms with van der Waals surface area (Å²) in [6, 6.07) is 9.57. The van der Waals surface area contributed by atoms with E-state index in [1.807, 2.05) is 44.2 Å². The molecular formula is C16H24N2O2. The molecule has 0 aliphatic rings. The lowest BCUT2D eigenvalue weighted by atomic mass is 9.90. The lowest BCUT2D eigenvalue weighted by molar-refractivity contribution is -0.141. The smallest absolute Gasteiger partial charge is 0.235 e. The molecule has 0 saturated carbocycles. The summed E-state index contributed by atoms with van der Waals surface area (Å²) in [6.45, 7) is 7.76. The molecule has 4 nitrogen and oxygen atoms in total. The van der Waals surface area contributed by atoms with Gasteiger partial charge in [0, 0.05) is 6.54 Å². The fourth-order valence-corrected chi connectivity index (χ4v) is 1.76. The van der Waals surface area contributed by atoms with Crippen LogP contribution in [0.4, 0.5) is 0 Å². The van der Waals surface area contributed by atoms with Crippen molar-refractivity contribution in [3.05, 3.63) is 35.9 Å². The van der Waals surface area contributed by atoms with Crippen molar-refractivity contribution in [2.75, 3.05) is 6.54 Å². The molecule has 1 aromatic carbocycles. The van der Waals surface area contributed by atoms with Gasteiger partial charge in [-0.1, -0.05) is 37.3 Å². The van der Waals surface area contributed by atoms with Gasteiger partial charge in [-0.15, -0.1) is 0 Å². The zero-order valence-electron chi connectivity index (χ0n) is 12.7. The minimum absolute atomic E-state index is 0.123. The van der Waals surface area contributed by atoms with Crippen molar-refractivity contribution in [1.82, 2.24) is 10.6 Å². The van der Waals surface area contributed by atoms with Crippen LogP contribution in [0.2, 0.25) is 0 Å². The molecule has 0 saturated heterocycles. The summed E-state index contributed by atoms with van der Waals surface area (Å²) in [6.07, 6.45) is 0.851. The minimum atomic E-state index is -1.07. The first kappa shape index (κ1) is 16.2. The zero-order valence-corrected chi connectivity index (χ0v) is 12.7. The van der Waals surface area contributed by atoms with E-state index in [4.69, 9.17) is 0 Å². The van der Waals surface area contributed by atoms with E-state index in [2.05, 4.69) is 10.6 Å². The van der Waals surface area contributed by atoms with Crippen LogP contribution < -0.4 is 10.6 Å². The van der Waals surface area contributed by atoms with Gasteiger partial charge in [0.2, 0.25) is 11.8 Å². The van der Waals surface area contributed by atoms with Crippen LogP contribution in [0.3, 0.4) is 0 Å². The van der Waals surface area contributed by atoms with Crippen molar-refractivity contribution in [1.29, 1.82) is 0 Å². The fourth-order valence-electron chi connectivity index (χ4n) is 1.76. The van der Waals surface area contributed by atoms with Gasteiger partial charge in [-0.05, 0) is 32.8 Å². The van der Waals surface area contributed by atoms with Gasteiger partial charge < -0.3 is 10.6 Å². The summed E-state index contributed by atoms with van der Waals surface area (Å²) in [5.41, 5.74) is -0.0521. The van der Waals surface area contributed by atoms with E-state index in [0.29, 0.717) is 6.54 Å². The number of nitrogens with one attached hydrogen (secondary N) is 2. The van der Waals surface area contributed by atoms with Gasteiger partial charge in [0.05, 0.1) is 6.04 Å². The van der Waals surface area contributed by atoms with E-state index in [1.54, 1.807) is 13.8 Å². The maximum absolute atomic E-state index is 12.3. The molecule has 0 bridgehead atoms. The molecule has 20 heavy (non-hydrogen) atoms. The summed E-state index contributed by atoms with van der Waals surface area (Å²) >= 11 is 0. The number of benzene rings is 1. The normalized spacial score (nSPS) is 12.6. The van der Waals surface area contributed by atoms with Crippen LogP contribution in [0.15, 0.2) is 30.3 Å². The highest BCUT2D eigenvalue weighted by atomic mass is 16.2. The summed E-state index contributed by atoms with van der Waals surface area (Å²) in [5, 5.41) is 5.66. The average Bonchev–Trinajstić information content (AvgIpc) is 2.45. The van der Waals surface area contributed by atoms with Crippen molar-refractivity contribution in [2.24, 2.45) is 5.41 Å². The average molecular weight is 276 g/mol. The summed E-state index contributed by atoms with van der Waals surface area (Å²) in [7, 11) is 0. The Kier molecular flexibility index (Phi) is 5.74. The van der Waals surface area contributed by atoms with Gasteiger partial charge in [-0.2, -0.15) is 0 Å². The van der Waals surface area contributed by atoms with Crippen LogP contribution in [0.5, 0.6) is 0 Å². The third-order valence-corrected chi connectivity index (χ3v) is 3.32. The van der Waals surface area contributed by atoms with Crippen molar-refractivity contribution >= 4 is 11.8 Å². The molecule has 0 fully saturated rings. The minimum Gasteiger partial charge on any atom is -0.355 e. The van der Waals surface area contributed by atoms with Crippen LogP contribution >= 0.6 is 0 Å². The van der Waals surface area contributed by atoms with Crippen molar-refractivity contribution < 1.29 is 9.59 Å². The largest absolute Gasteiger partial charge is 0.355 e. The number of hydrogen-bond donors (Lipinski definition) is 2. The fraction of sp³-hybridized carbons (Fsp3) is 0.500. The molecule has 0 spiro atoms. The maximum Gasteiger partial charge on any atom is 0.235 e. The number of amides is 2. The molecule has 2 N–H and O–H groups in total. The Morgan fingerprint density at radius 1 is 1.15 bits per heavy atom. The van der Waals surface area contributed by atoms with Gasteiger partial charge >= 0.3 is 0 Å². The first-order chi connectivity index (χ1) is 9.39. The van der Waals surface area contributed by atoms with Gasteiger partial charge in [0.1, 0.15) is 5.41 Å². The molecule has 1 unspecified atom stereocenters. The monoisotopic (exact) mass is 276 g/mol. The number of carbonyl (C=O) groups is 2. The molecule has 0 heterocycles.